The van der Waals surface area contributed by atoms with Crippen LogP contribution in [-0.4, -0.2) is 20.9 Å². The third-order valence-electron chi connectivity index (χ3n) is 1.78. The molecule has 0 radical (unpaired) electrons. The number of pyridine rings is 1. The quantitative estimate of drug-likeness (QED) is 0.627. The van der Waals surface area contributed by atoms with Crippen LogP contribution in [0, 0.1) is 0 Å². The van der Waals surface area contributed by atoms with Gasteiger partial charge in [-0.05, 0) is 6.07 Å². The molecule has 0 saturated heterocycles. The highest BCUT2D eigenvalue weighted by Gasteiger charge is 2.07. The van der Waals surface area contributed by atoms with Crippen LogP contribution in [0.1, 0.15) is 10.4 Å². The van der Waals surface area contributed by atoms with Gasteiger partial charge in [-0.25, -0.2) is 9.97 Å². The summed E-state index contributed by atoms with van der Waals surface area (Å²) in [5, 5.41) is 0.570. The fourth-order valence-electron chi connectivity index (χ4n) is 1.13. The molecule has 0 atom stereocenters. The van der Waals surface area contributed by atoms with Gasteiger partial charge in [-0.1, -0.05) is 0 Å². The summed E-state index contributed by atoms with van der Waals surface area (Å²) in [5.74, 6) is -0.767. The minimum atomic E-state index is -0.767. The molecule has 6 heteroatoms. The maximum absolute atomic E-state index is 11.3. The van der Waals surface area contributed by atoms with E-state index in [1.54, 1.807) is 0 Å². The largest absolute Gasteiger partial charge is 0.365 e. The van der Waals surface area contributed by atoms with Gasteiger partial charge in [-0.15, -0.1) is 0 Å². The molecule has 0 fully saturated rings. The van der Waals surface area contributed by atoms with Crippen LogP contribution in [0.5, 0.6) is 0 Å². The zero-order valence-electron chi connectivity index (χ0n) is 7.02. The molecule has 0 aromatic carbocycles. The van der Waals surface area contributed by atoms with Crippen molar-refractivity contribution in [1.82, 2.24) is 15.0 Å². The van der Waals surface area contributed by atoms with Crippen molar-refractivity contribution in [3.63, 3.8) is 0 Å². The second-order valence-corrected chi connectivity index (χ2v) is 2.70. The molecule has 0 aliphatic rings. The van der Waals surface area contributed by atoms with E-state index in [0.29, 0.717) is 11.0 Å². The molecule has 0 bridgehead atoms. The summed E-state index contributed by atoms with van der Waals surface area (Å²) in [7, 11) is 0. The Hall–Kier alpha value is -2.24. The molecule has 0 aliphatic carbocycles. The first-order valence-corrected chi connectivity index (χ1v) is 3.81. The maximum Gasteiger partial charge on any atom is 0.262 e. The number of aromatic amines is 1. The van der Waals surface area contributed by atoms with E-state index in [-0.39, 0.29) is 5.56 Å². The fourth-order valence-corrected chi connectivity index (χ4v) is 1.13. The normalized spacial score (nSPS) is 10.3. The molecular weight excluding hydrogens is 184 g/mol. The number of hydrogen-bond acceptors (Lipinski definition) is 4. The summed E-state index contributed by atoms with van der Waals surface area (Å²) in [6.07, 6.45) is 2.80. The Labute approximate surface area is 77.8 Å². The number of aromatic nitrogens is 3. The Morgan fingerprint density at radius 2 is 2.29 bits per heavy atom. The van der Waals surface area contributed by atoms with Crippen LogP contribution in [0.25, 0.3) is 11.0 Å². The molecule has 2 rings (SSSR count). The van der Waals surface area contributed by atoms with Crippen LogP contribution in [0.4, 0.5) is 0 Å². The Morgan fingerprint density at radius 3 is 3.00 bits per heavy atom. The number of rotatable bonds is 1. The Kier molecular flexibility index (Phi) is 1.74. The highest BCUT2D eigenvalue weighted by atomic mass is 16.2. The molecule has 0 saturated carbocycles. The smallest absolute Gasteiger partial charge is 0.262 e. The summed E-state index contributed by atoms with van der Waals surface area (Å²) in [6.45, 7) is 0. The highest BCUT2D eigenvalue weighted by molar-refractivity contribution is 5.95. The zero-order chi connectivity index (χ0) is 10.1. The van der Waals surface area contributed by atoms with E-state index in [1.165, 1.54) is 18.6 Å². The van der Waals surface area contributed by atoms with Crippen molar-refractivity contribution < 1.29 is 4.79 Å². The van der Waals surface area contributed by atoms with Crippen molar-refractivity contribution >= 4 is 16.9 Å². The number of fused-ring (bicyclic) bond motifs is 1. The lowest BCUT2D eigenvalue weighted by molar-refractivity contribution is 0.0999. The van der Waals surface area contributed by atoms with Crippen molar-refractivity contribution in [3.05, 3.63) is 34.5 Å². The molecule has 14 heavy (non-hydrogen) atoms. The van der Waals surface area contributed by atoms with Crippen molar-refractivity contribution in [1.29, 1.82) is 0 Å². The van der Waals surface area contributed by atoms with Crippen LogP contribution in [0.3, 0.4) is 0 Å². The van der Waals surface area contributed by atoms with Crippen LogP contribution in [-0.2, 0) is 0 Å². The van der Waals surface area contributed by atoms with E-state index >= 15 is 0 Å². The van der Waals surface area contributed by atoms with E-state index in [4.69, 9.17) is 5.73 Å². The number of primary amides is 1. The lowest BCUT2D eigenvalue weighted by atomic mass is 10.2. The van der Waals surface area contributed by atoms with Gasteiger partial charge in [0.1, 0.15) is 17.5 Å². The summed E-state index contributed by atoms with van der Waals surface area (Å²) in [5.41, 5.74) is 4.76. The van der Waals surface area contributed by atoms with Crippen molar-refractivity contribution in [2.24, 2.45) is 5.73 Å². The monoisotopic (exact) mass is 190 g/mol. The van der Waals surface area contributed by atoms with Gasteiger partial charge < -0.3 is 10.7 Å². The van der Waals surface area contributed by atoms with Crippen LogP contribution in [0.2, 0.25) is 0 Å². The summed E-state index contributed by atoms with van der Waals surface area (Å²) >= 11 is 0. The Balaban J connectivity index is 2.84. The SMILES string of the molecule is NC(=O)c1cc2cncnc2[nH]c1=O. The molecule has 0 spiro atoms. The van der Waals surface area contributed by atoms with E-state index in [2.05, 4.69) is 15.0 Å². The first-order chi connectivity index (χ1) is 6.68. The molecular formula is C8H6N4O2. The molecule has 2 heterocycles. The van der Waals surface area contributed by atoms with E-state index in [1.807, 2.05) is 0 Å². The minimum absolute atomic E-state index is 0.0905. The van der Waals surface area contributed by atoms with Gasteiger partial charge in [0.25, 0.3) is 11.5 Å². The van der Waals surface area contributed by atoms with Gasteiger partial charge in [0.15, 0.2) is 0 Å². The maximum atomic E-state index is 11.3. The fraction of sp³-hybridized carbons (Fsp3) is 0. The second kappa shape index (κ2) is 2.91. The summed E-state index contributed by atoms with van der Waals surface area (Å²) in [4.78, 5) is 32.1. The third kappa shape index (κ3) is 1.22. The zero-order valence-corrected chi connectivity index (χ0v) is 7.02. The molecule has 0 aliphatic heterocycles. The molecule has 1 amide bonds. The van der Waals surface area contributed by atoms with Gasteiger partial charge >= 0.3 is 0 Å². The predicted octanol–water partition coefficient (Wildman–Crippen LogP) is -0.583. The lowest BCUT2D eigenvalue weighted by Crippen LogP contribution is -2.23. The molecule has 0 unspecified atom stereocenters. The van der Waals surface area contributed by atoms with E-state index in [9.17, 15) is 9.59 Å². The number of nitrogens with one attached hydrogen (secondary N) is 1. The average Bonchev–Trinajstić information content (AvgIpc) is 2.16. The number of nitrogens with zero attached hydrogens (tertiary/aromatic N) is 2. The lowest BCUT2D eigenvalue weighted by Gasteiger charge is -1.97. The van der Waals surface area contributed by atoms with Gasteiger partial charge in [-0.3, -0.25) is 9.59 Å². The van der Waals surface area contributed by atoms with Crippen molar-refractivity contribution in [2.75, 3.05) is 0 Å². The number of hydrogen-bond donors (Lipinski definition) is 2. The summed E-state index contributed by atoms with van der Waals surface area (Å²) < 4.78 is 0. The molecule has 70 valence electrons. The topological polar surface area (TPSA) is 102 Å². The Bertz CT molecular complexity index is 561. The molecule has 2 aromatic heterocycles. The number of amides is 1. The first kappa shape index (κ1) is 8.36. The number of nitrogens with two attached hydrogens (primary N) is 1. The second-order valence-electron chi connectivity index (χ2n) is 2.70. The standard InChI is InChI=1S/C8H6N4O2/c9-6(13)5-1-4-2-10-3-11-7(4)12-8(5)14/h1-3H,(H2,9,13)(H,10,11,12,14). The summed E-state index contributed by atoms with van der Waals surface area (Å²) in [6, 6.07) is 1.37. The molecule has 2 aromatic rings. The predicted molar refractivity (Wildman–Crippen MR) is 48.7 cm³/mol. The number of carbonyl (C=O) groups excluding carboxylic acids is 1. The van der Waals surface area contributed by atoms with Crippen LogP contribution in [0.15, 0.2) is 23.4 Å². The van der Waals surface area contributed by atoms with Crippen LogP contribution >= 0.6 is 0 Å². The highest BCUT2D eigenvalue weighted by Crippen LogP contribution is 2.04. The van der Waals surface area contributed by atoms with Gasteiger partial charge in [-0.2, -0.15) is 0 Å². The first-order valence-electron chi connectivity index (χ1n) is 3.81. The number of H-pyrrole nitrogens is 1. The van der Waals surface area contributed by atoms with E-state index < -0.39 is 11.5 Å². The minimum Gasteiger partial charge on any atom is -0.365 e. The van der Waals surface area contributed by atoms with Gasteiger partial charge in [0, 0.05) is 11.6 Å². The number of carbonyl (C=O) groups is 1. The average molecular weight is 190 g/mol. The third-order valence-corrected chi connectivity index (χ3v) is 1.78. The molecule has 3 N–H and O–H groups in total. The van der Waals surface area contributed by atoms with Crippen molar-refractivity contribution in [2.45, 2.75) is 0 Å². The van der Waals surface area contributed by atoms with Gasteiger partial charge in [0.05, 0.1) is 0 Å². The van der Waals surface area contributed by atoms with E-state index in [0.717, 1.165) is 0 Å². The van der Waals surface area contributed by atoms with Crippen LogP contribution < -0.4 is 11.3 Å². The Morgan fingerprint density at radius 1 is 1.50 bits per heavy atom. The van der Waals surface area contributed by atoms with Crippen molar-refractivity contribution in [3.8, 4) is 0 Å². The van der Waals surface area contributed by atoms with Gasteiger partial charge in [0.2, 0.25) is 0 Å². The molecule has 6 nitrogen and oxygen atoms in total.